The van der Waals surface area contributed by atoms with Crippen molar-refractivity contribution in [1.29, 1.82) is 0 Å². The Bertz CT molecular complexity index is 588. The fourth-order valence-corrected chi connectivity index (χ4v) is 2.11. The van der Waals surface area contributed by atoms with Gasteiger partial charge in [-0.1, -0.05) is 25.1 Å². The molecule has 3 heteroatoms. The molecule has 0 spiro atoms. The third-order valence-electron chi connectivity index (χ3n) is 3.32. The van der Waals surface area contributed by atoms with Gasteiger partial charge in [0.1, 0.15) is 11.5 Å². The monoisotopic (exact) mass is 284 g/mol. The lowest BCUT2D eigenvalue weighted by molar-refractivity contribution is 0.112. The number of carbonyl (C=O) groups excluding carboxylic acids is 1. The van der Waals surface area contributed by atoms with Gasteiger partial charge in [-0.15, -0.1) is 0 Å². The van der Waals surface area contributed by atoms with Crippen LogP contribution in [0, 0.1) is 0 Å². The smallest absolute Gasteiger partial charge is 0.153 e. The summed E-state index contributed by atoms with van der Waals surface area (Å²) in [4.78, 5) is 10.7. The topological polar surface area (TPSA) is 46.5 Å². The minimum Gasteiger partial charge on any atom is -0.507 e. The summed E-state index contributed by atoms with van der Waals surface area (Å²) in [6.07, 6.45) is 3.37. The summed E-state index contributed by atoms with van der Waals surface area (Å²) < 4.78 is 5.55. The number of aryl methyl sites for hydroxylation is 2. The highest BCUT2D eigenvalue weighted by molar-refractivity contribution is 5.79. The minimum atomic E-state index is 0.0470. The molecule has 0 saturated carbocycles. The molecule has 0 bridgehead atoms. The number of hydrogen-bond donors (Lipinski definition) is 1. The Morgan fingerprint density at radius 2 is 1.71 bits per heavy atom. The Morgan fingerprint density at radius 1 is 1.05 bits per heavy atom. The number of ether oxygens (including phenoxy) is 1. The third-order valence-corrected chi connectivity index (χ3v) is 3.32. The lowest BCUT2D eigenvalue weighted by Gasteiger charge is -2.07. The van der Waals surface area contributed by atoms with Gasteiger partial charge in [0, 0.05) is 0 Å². The molecule has 0 unspecified atom stereocenters. The molecule has 2 aromatic rings. The molecule has 21 heavy (non-hydrogen) atoms. The fourth-order valence-electron chi connectivity index (χ4n) is 2.11. The predicted molar refractivity (Wildman–Crippen MR) is 83.1 cm³/mol. The highest BCUT2D eigenvalue weighted by Crippen LogP contribution is 2.19. The maximum absolute atomic E-state index is 10.7. The summed E-state index contributed by atoms with van der Waals surface area (Å²) >= 11 is 0. The molecular formula is C18H20O3. The average Bonchev–Trinajstić information content (AvgIpc) is 2.52. The van der Waals surface area contributed by atoms with Crippen LogP contribution in [0.2, 0.25) is 0 Å². The quantitative estimate of drug-likeness (QED) is 0.787. The molecule has 3 nitrogen and oxygen atoms in total. The Labute approximate surface area is 125 Å². The number of phenols is 1. The molecule has 0 atom stereocenters. The van der Waals surface area contributed by atoms with Gasteiger partial charge >= 0.3 is 0 Å². The number of phenolic OH excluding ortho intramolecular Hbond substituents is 1. The van der Waals surface area contributed by atoms with Crippen molar-refractivity contribution in [3.05, 3.63) is 59.2 Å². The average molecular weight is 284 g/mol. The lowest BCUT2D eigenvalue weighted by atomic mass is 10.0. The maximum atomic E-state index is 10.7. The second-order valence-electron chi connectivity index (χ2n) is 5.00. The van der Waals surface area contributed by atoms with E-state index in [9.17, 15) is 9.90 Å². The summed E-state index contributed by atoms with van der Waals surface area (Å²) in [5.74, 6) is 0.944. The third kappa shape index (κ3) is 4.35. The summed E-state index contributed by atoms with van der Waals surface area (Å²) in [6.45, 7) is 2.82. The van der Waals surface area contributed by atoms with Crippen LogP contribution in [0.4, 0.5) is 0 Å². The SMILES string of the molecule is CCCOc1ccc(CCc2ccc(C=O)c(O)c2)cc1. The molecule has 0 saturated heterocycles. The van der Waals surface area contributed by atoms with Crippen LogP contribution >= 0.6 is 0 Å². The molecule has 0 amide bonds. The van der Waals surface area contributed by atoms with Gasteiger partial charge in [0.15, 0.2) is 6.29 Å². The highest BCUT2D eigenvalue weighted by Gasteiger charge is 2.02. The Hall–Kier alpha value is -2.29. The summed E-state index contributed by atoms with van der Waals surface area (Å²) in [6, 6.07) is 13.3. The van der Waals surface area contributed by atoms with Gasteiger partial charge in [0.2, 0.25) is 0 Å². The van der Waals surface area contributed by atoms with E-state index in [4.69, 9.17) is 4.74 Å². The first-order valence-electron chi connectivity index (χ1n) is 7.21. The van der Waals surface area contributed by atoms with E-state index in [-0.39, 0.29) is 5.75 Å². The van der Waals surface area contributed by atoms with E-state index >= 15 is 0 Å². The Morgan fingerprint density at radius 3 is 2.33 bits per heavy atom. The first-order valence-corrected chi connectivity index (χ1v) is 7.21. The van der Waals surface area contributed by atoms with Gasteiger partial charge < -0.3 is 9.84 Å². The van der Waals surface area contributed by atoms with Crippen molar-refractivity contribution in [2.24, 2.45) is 0 Å². The van der Waals surface area contributed by atoms with Gasteiger partial charge in [0.05, 0.1) is 12.2 Å². The van der Waals surface area contributed by atoms with E-state index in [0.29, 0.717) is 11.8 Å². The van der Waals surface area contributed by atoms with Crippen LogP contribution in [-0.2, 0) is 12.8 Å². The van der Waals surface area contributed by atoms with E-state index < -0.39 is 0 Å². The molecule has 0 fully saturated rings. The molecular weight excluding hydrogens is 264 g/mol. The molecule has 2 aromatic carbocycles. The molecule has 0 aliphatic rings. The molecule has 0 aliphatic carbocycles. The van der Waals surface area contributed by atoms with Gasteiger partial charge in [-0.25, -0.2) is 0 Å². The standard InChI is InChI=1S/C18H20O3/c1-2-11-21-17-9-6-14(7-10-17)3-4-15-5-8-16(13-19)18(20)12-15/h5-10,12-13,20H,2-4,11H2,1H3. The van der Waals surface area contributed by atoms with Crippen LogP contribution in [0.5, 0.6) is 11.5 Å². The highest BCUT2D eigenvalue weighted by atomic mass is 16.5. The van der Waals surface area contributed by atoms with Crippen LogP contribution in [0.3, 0.4) is 0 Å². The van der Waals surface area contributed by atoms with E-state index in [1.807, 2.05) is 18.2 Å². The zero-order valence-electron chi connectivity index (χ0n) is 12.2. The molecule has 0 heterocycles. The Balaban J connectivity index is 1.93. The second kappa shape index (κ2) is 7.48. The molecule has 110 valence electrons. The summed E-state index contributed by atoms with van der Waals surface area (Å²) in [7, 11) is 0. The van der Waals surface area contributed by atoms with Crippen molar-refractivity contribution >= 4 is 6.29 Å². The Kier molecular flexibility index (Phi) is 5.38. The summed E-state index contributed by atoms with van der Waals surface area (Å²) in [5.41, 5.74) is 2.57. The lowest BCUT2D eigenvalue weighted by Crippen LogP contribution is -1.96. The van der Waals surface area contributed by atoms with Crippen molar-refractivity contribution in [2.75, 3.05) is 6.61 Å². The van der Waals surface area contributed by atoms with Crippen LogP contribution in [-0.4, -0.2) is 18.0 Å². The van der Waals surface area contributed by atoms with Crippen LogP contribution in [0.25, 0.3) is 0 Å². The first-order chi connectivity index (χ1) is 10.2. The van der Waals surface area contributed by atoms with Gasteiger partial charge in [0.25, 0.3) is 0 Å². The van der Waals surface area contributed by atoms with Crippen LogP contribution in [0.15, 0.2) is 42.5 Å². The molecule has 0 radical (unpaired) electrons. The number of hydrogen-bond acceptors (Lipinski definition) is 3. The molecule has 1 N–H and O–H groups in total. The number of carbonyl (C=O) groups is 1. The number of benzene rings is 2. The zero-order valence-corrected chi connectivity index (χ0v) is 12.2. The van der Waals surface area contributed by atoms with Crippen molar-refractivity contribution in [3.63, 3.8) is 0 Å². The number of rotatable bonds is 7. The van der Waals surface area contributed by atoms with Gasteiger partial charge in [-0.05, 0) is 54.7 Å². The minimum absolute atomic E-state index is 0.0470. The number of aromatic hydroxyl groups is 1. The van der Waals surface area contributed by atoms with E-state index in [0.717, 1.165) is 37.2 Å². The van der Waals surface area contributed by atoms with Crippen molar-refractivity contribution < 1.29 is 14.6 Å². The maximum Gasteiger partial charge on any atom is 0.153 e. The normalized spacial score (nSPS) is 10.3. The largest absolute Gasteiger partial charge is 0.507 e. The molecule has 0 aromatic heterocycles. The van der Waals surface area contributed by atoms with E-state index in [1.165, 1.54) is 5.56 Å². The van der Waals surface area contributed by atoms with E-state index in [2.05, 4.69) is 19.1 Å². The van der Waals surface area contributed by atoms with Crippen LogP contribution < -0.4 is 4.74 Å². The second-order valence-corrected chi connectivity index (χ2v) is 5.00. The van der Waals surface area contributed by atoms with E-state index in [1.54, 1.807) is 12.1 Å². The molecule has 2 rings (SSSR count). The fraction of sp³-hybridized carbons (Fsp3) is 0.278. The van der Waals surface area contributed by atoms with Crippen molar-refractivity contribution in [2.45, 2.75) is 26.2 Å². The predicted octanol–water partition coefficient (Wildman–Crippen LogP) is 3.78. The van der Waals surface area contributed by atoms with Gasteiger partial charge in [-0.2, -0.15) is 0 Å². The van der Waals surface area contributed by atoms with Crippen LogP contribution in [0.1, 0.15) is 34.8 Å². The molecule has 0 aliphatic heterocycles. The van der Waals surface area contributed by atoms with Gasteiger partial charge in [-0.3, -0.25) is 4.79 Å². The van der Waals surface area contributed by atoms with Crippen molar-refractivity contribution in [3.8, 4) is 11.5 Å². The number of aldehydes is 1. The summed E-state index contributed by atoms with van der Waals surface area (Å²) in [5, 5.41) is 9.66. The zero-order chi connectivity index (χ0) is 15.1. The van der Waals surface area contributed by atoms with Crippen molar-refractivity contribution in [1.82, 2.24) is 0 Å². The first kappa shape index (κ1) is 15.1.